The van der Waals surface area contributed by atoms with Gasteiger partial charge in [0.05, 0.1) is 6.10 Å². The van der Waals surface area contributed by atoms with E-state index in [9.17, 15) is 13.9 Å². The molecule has 3 N–H and O–H groups in total. The number of rotatable bonds is 4. The molecule has 0 bridgehead atoms. The third kappa shape index (κ3) is 2.93. The van der Waals surface area contributed by atoms with Crippen molar-refractivity contribution in [3.8, 4) is 5.75 Å². The van der Waals surface area contributed by atoms with Gasteiger partial charge in [-0.15, -0.1) is 0 Å². The van der Waals surface area contributed by atoms with Gasteiger partial charge in [-0.05, 0) is 17.7 Å². The van der Waals surface area contributed by atoms with E-state index in [4.69, 9.17) is 5.73 Å². The Hall–Kier alpha value is -1.20. The molecule has 0 aliphatic carbocycles. The second kappa shape index (κ2) is 4.88. The predicted octanol–water partition coefficient (Wildman–Crippen LogP) is 1.28. The molecular weight excluding hydrogens is 192 g/mol. The minimum absolute atomic E-state index is 0.0185. The van der Waals surface area contributed by atoms with Crippen LogP contribution in [0.4, 0.5) is 8.78 Å². The average molecular weight is 203 g/mol. The Morgan fingerprint density at radius 3 is 2.71 bits per heavy atom. The van der Waals surface area contributed by atoms with Gasteiger partial charge in [-0.3, -0.25) is 0 Å². The first kappa shape index (κ1) is 10.9. The fourth-order valence-corrected chi connectivity index (χ4v) is 1.03. The van der Waals surface area contributed by atoms with Crippen LogP contribution in [0.25, 0.3) is 0 Å². The van der Waals surface area contributed by atoms with Crippen LogP contribution in [0.5, 0.6) is 5.75 Å². The van der Waals surface area contributed by atoms with E-state index in [-0.39, 0.29) is 12.3 Å². The highest BCUT2D eigenvalue weighted by molar-refractivity contribution is 5.29. The molecule has 0 radical (unpaired) electrons. The van der Waals surface area contributed by atoms with Gasteiger partial charge in [-0.25, -0.2) is 0 Å². The van der Waals surface area contributed by atoms with E-state index in [0.29, 0.717) is 5.56 Å². The van der Waals surface area contributed by atoms with Crippen molar-refractivity contribution in [2.75, 3.05) is 6.54 Å². The number of hydrogen-bond donors (Lipinski definition) is 2. The van der Waals surface area contributed by atoms with Gasteiger partial charge in [0.1, 0.15) is 5.75 Å². The molecule has 0 unspecified atom stereocenters. The summed E-state index contributed by atoms with van der Waals surface area (Å²) < 4.78 is 27.8. The van der Waals surface area contributed by atoms with Gasteiger partial charge in [0.25, 0.3) is 0 Å². The number of halogens is 2. The lowest BCUT2D eigenvalue weighted by molar-refractivity contribution is -0.0499. The molecule has 0 heterocycles. The summed E-state index contributed by atoms with van der Waals surface area (Å²) in [7, 11) is 0. The SMILES string of the molecule is NC[C@@H](O)c1cccc(OC(F)F)c1. The van der Waals surface area contributed by atoms with Crippen LogP contribution in [0, 0.1) is 0 Å². The van der Waals surface area contributed by atoms with E-state index in [1.807, 2.05) is 0 Å². The summed E-state index contributed by atoms with van der Waals surface area (Å²) in [5, 5.41) is 9.32. The van der Waals surface area contributed by atoms with E-state index in [2.05, 4.69) is 4.74 Å². The lowest BCUT2D eigenvalue weighted by Crippen LogP contribution is -2.11. The third-order valence-electron chi connectivity index (χ3n) is 1.69. The lowest BCUT2D eigenvalue weighted by Gasteiger charge is -2.10. The Bertz CT molecular complexity index is 294. The molecule has 1 atom stereocenters. The Morgan fingerprint density at radius 2 is 2.14 bits per heavy atom. The van der Waals surface area contributed by atoms with Crippen LogP contribution in [-0.4, -0.2) is 18.3 Å². The minimum atomic E-state index is -2.86. The number of benzene rings is 1. The van der Waals surface area contributed by atoms with E-state index in [1.165, 1.54) is 18.2 Å². The molecule has 78 valence electrons. The molecule has 0 aliphatic rings. The van der Waals surface area contributed by atoms with Crippen LogP contribution < -0.4 is 10.5 Å². The van der Waals surface area contributed by atoms with Crippen LogP contribution in [0.2, 0.25) is 0 Å². The highest BCUT2D eigenvalue weighted by Crippen LogP contribution is 2.19. The molecule has 0 amide bonds. The first-order chi connectivity index (χ1) is 6.63. The molecule has 0 aliphatic heterocycles. The standard InChI is InChI=1S/C9H11F2NO2/c10-9(11)14-7-3-1-2-6(4-7)8(13)5-12/h1-4,8-9,13H,5,12H2/t8-/m1/s1. The van der Waals surface area contributed by atoms with Crippen molar-refractivity contribution in [3.63, 3.8) is 0 Å². The van der Waals surface area contributed by atoms with E-state index >= 15 is 0 Å². The average Bonchev–Trinajstić information content (AvgIpc) is 2.16. The fourth-order valence-electron chi connectivity index (χ4n) is 1.03. The topological polar surface area (TPSA) is 55.5 Å². The Morgan fingerprint density at radius 1 is 1.43 bits per heavy atom. The first-order valence-corrected chi connectivity index (χ1v) is 4.06. The summed E-state index contributed by atoms with van der Waals surface area (Å²) in [5.41, 5.74) is 5.68. The molecule has 0 saturated heterocycles. The first-order valence-electron chi connectivity index (χ1n) is 4.06. The molecule has 14 heavy (non-hydrogen) atoms. The van der Waals surface area contributed by atoms with Crippen molar-refractivity contribution in [2.45, 2.75) is 12.7 Å². The molecule has 0 spiro atoms. The molecule has 0 fully saturated rings. The Labute approximate surface area is 80.1 Å². The van der Waals surface area contributed by atoms with E-state index < -0.39 is 12.7 Å². The van der Waals surface area contributed by atoms with Crippen molar-refractivity contribution < 1.29 is 18.6 Å². The molecule has 0 saturated carbocycles. The van der Waals surface area contributed by atoms with Crippen molar-refractivity contribution in [1.82, 2.24) is 0 Å². The maximum absolute atomic E-state index is 11.8. The van der Waals surface area contributed by atoms with Crippen molar-refractivity contribution >= 4 is 0 Å². The van der Waals surface area contributed by atoms with E-state index in [0.717, 1.165) is 0 Å². The molecular formula is C9H11F2NO2. The molecule has 3 nitrogen and oxygen atoms in total. The summed E-state index contributed by atoms with van der Waals surface area (Å²) in [6.07, 6.45) is -0.851. The van der Waals surface area contributed by atoms with Crippen molar-refractivity contribution in [3.05, 3.63) is 29.8 Å². The second-order valence-corrected chi connectivity index (χ2v) is 2.70. The molecule has 1 aromatic rings. The van der Waals surface area contributed by atoms with Crippen molar-refractivity contribution in [2.24, 2.45) is 5.73 Å². The van der Waals surface area contributed by atoms with Gasteiger partial charge >= 0.3 is 6.61 Å². The normalized spacial score (nSPS) is 12.9. The number of hydrogen-bond acceptors (Lipinski definition) is 3. The van der Waals surface area contributed by atoms with Crippen LogP contribution >= 0.6 is 0 Å². The largest absolute Gasteiger partial charge is 0.435 e. The third-order valence-corrected chi connectivity index (χ3v) is 1.69. The zero-order valence-electron chi connectivity index (χ0n) is 7.36. The second-order valence-electron chi connectivity index (χ2n) is 2.70. The number of nitrogens with two attached hydrogens (primary N) is 1. The molecule has 1 rings (SSSR count). The maximum Gasteiger partial charge on any atom is 0.387 e. The van der Waals surface area contributed by atoms with Crippen LogP contribution in [-0.2, 0) is 0 Å². The maximum atomic E-state index is 11.8. The smallest absolute Gasteiger partial charge is 0.387 e. The summed E-state index contributed by atoms with van der Waals surface area (Å²) >= 11 is 0. The Balaban J connectivity index is 2.78. The summed E-state index contributed by atoms with van der Waals surface area (Å²) in [5.74, 6) is 0.0185. The number of aliphatic hydroxyl groups excluding tert-OH is 1. The zero-order valence-corrected chi connectivity index (χ0v) is 7.36. The highest BCUT2D eigenvalue weighted by Gasteiger charge is 2.08. The Kier molecular flexibility index (Phi) is 3.79. The number of aliphatic hydroxyl groups is 1. The van der Waals surface area contributed by atoms with Gasteiger partial charge in [0.15, 0.2) is 0 Å². The van der Waals surface area contributed by atoms with Gasteiger partial charge in [-0.1, -0.05) is 12.1 Å². The van der Waals surface area contributed by atoms with Gasteiger partial charge < -0.3 is 15.6 Å². The number of alkyl halides is 2. The van der Waals surface area contributed by atoms with Gasteiger partial charge in [0.2, 0.25) is 0 Å². The predicted molar refractivity (Wildman–Crippen MR) is 47.1 cm³/mol. The zero-order chi connectivity index (χ0) is 10.6. The molecule has 5 heteroatoms. The van der Waals surface area contributed by atoms with Crippen LogP contribution in [0.15, 0.2) is 24.3 Å². The number of ether oxygens (including phenoxy) is 1. The van der Waals surface area contributed by atoms with Crippen LogP contribution in [0.1, 0.15) is 11.7 Å². The lowest BCUT2D eigenvalue weighted by atomic mass is 10.1. The minimum Gasteiger partial charge on any atom is -0.435 e. The van der Waals surface area contributed by atoms with Gasteiger partial charge in [-0.2, -0.15) is 8.78 Å². The molecule has 1 aromatic carbocycles. The quantitative estimate of drug-likeness (QED) is 0.775. The monoisotopic (exact) mass is 203 g/mol. The summed E-state index contributed by atoms with van der Waals surface area (Å²) in [4.78, 5) is 0. The highest BCUT2D eigenvalue weighted by atomic mass is 19.3. The van der Waals surface area contributed by atoms with E-state index in [1.54, 1.807) is 6.07 Å². The van der Waals surface area contributed by atoms with Crippen molar-refractivity contribution in [1.29, 1.82) is 0 Å². The summed E-state index contributed by atoms with van der Waals surface area (Å²) in [6.45, 7) is -2.82. The van der Waals surface area contributed by atoms with Crippen LogP contribution in [0.3, 0.4) is 0 Å². The summed E-state index contributed by atoms with van der Waals surface area (Å²) in [6, 6.07) is 5.84. The molecule has 0 aromatic heterocycles. The fraction of sp³-hybridized carbons (Fsp3) is 0.333. The van der Waals surface area contributed by atoms with Gasteiger partial charge in [0, 0.05) is 6.54 Å².